The standard InChI is InChI=1S/C31H32BrN5O6/c1-17-6-7-19(14-23(17)37(41)42)28-34-26-22(32)16-21-25(27(26)35-28)29(39)36(30(40)31(21,2)3)13-5-11-33-12-10-18-8-9-20(38)15-24(18)43-4/h6-9,14-16,33,38H,5,10-13H2,1-4H3,(H,34,35). The number of aromatic amines is 1. The third-order valence-corrected chi connectivity index (χ3v) is 8.49. The van der Waals surface area contributed by atoms with Gasteiger partial charge in [0.25, 0.3) is 11.6 Å². The van der Waals surface area contributed by atoms with E-state index in [2.05, 4.69) is 31.2 Å². The summed E-state index contributed by atoms with van der Waals surface area (Å²) < 4.78 is 5.95. The Morgan fingerprint density at radius 3 is 2.65 bits per heavy atom. The number of imidazole rings is 1. The summed E-state index contributed by atoms with van der Waals surface area (Å²) in [5.74, 6) is 0.460. The van der Waals surface area contributed by atoms with E-state index in [1.807, 2.05) is 6.07 Å². The van der Waals surface area contributed by atoms with Crippen molar-refractivity contribution in [2.75, 3.05) is 26.7 Å². The first-order valence-corrected chi connectivity index (χ1v) is 14.6. The predicted octanol–water partition coefficient (Wildman–Crippen LogP) is 5.41. The van der Waals surface area contributed by atoms with Gasteiger partial charge in [-0.2, -0.15) is 0 Å². The fourth-order valence-electron chi connectivity index (χ4n) is 5.47. The van der Waals surface area contributed by atoms with Crippen LogP contribution in [0, 0.1) is 17.0 Å². The van der Waals surface area contributed by atoms with E-state index >= 15 is 0 Å². The molecule has 224 valence electrons. The van der Waals surface area contributed by atoms with Gasteiger partial charge >= 0.3 is 0 Å². The minimum atomic E-state index is -0.975. The number of amides is 2. The van der Waals surface area contributed by atoms with Crippen LogP contribution in [0.4, 0.5) is 5.69 Å². The Morgan fingerprint density at radius 1 is 1.16 bits per heavy atom. The number of carbonyl (C=O) groups excluding carboxylic acids is 2. The Bertz CT molecular complexity index is 1770. The number of nitro benzene ring substituents is 1. The van der Waals surface area contributed by atoms with Crippen LogP contribution >= 0.6 is 15.9 Å². The predicted molar refractivity (Wildman–Crippen MR) is 166 cm³/mol. The summed E-state index contributed by atoms with van der Waals surface area (Å²) in [7, 11) is 1.56. The number of phenols is 1. The maximum Gasteiger partial charge on any atom is 0.273 e. The number of nitro groups is 1. The van der Waals surface area contributed by atoms with Gasteiger partial charge in [0.2, 0.25) is 5.91 Å². The van der Waals surface area contributed by atoms with Gasteiger partial charge in [-0.3, -0.25) is 24.6 Å². The molecular formula is C31H32BrN5O6. The number of fused-ring (bicyclic) bond motifs is 3. The highest BCUT2D eigenvalue weighted by molar-refractivity contribution is 9.10. The zero-order valence-electron chi connectivity index (χ0n) is 24.3. The number of ether oxygens (including phenoxy) is 1. The third kappa shape index (κ3) is 5.59. The minimum absolute atomic E-state index is 0.0242. The second kappa shape index (κ2) is 11.8. The van der Waals surface area contributed by atoms with Crippen LogP contribution in [0.5, 0.6) is 11.5 Å². The van der Waals surface area contributed by atoms with E-state index in [1.165, 1.54) is 11.0 Å². The van der Waals surface area contributed by atoms with Crippen LogP contribution in [-0.2, 0) is 16.6 Å². The van der Waals surface area contributed by atoms with Gasteiger partial charge in [0.05, 0.1) is 28.5 Å². The molecule has 0 spiro atoms. The number of rotatable bonds is 10. The normalized spacial score (nSPS) is 14.3. The second-order valence-corrected chi connectivity index (χ2v) is 11.9. The molecule has 0 fully saturated rings. The minimum Gasteiger partial charge on any atom is -0.508 e. The molecular weight excluding hydrogens is 618 g/mol. The number of nitrogens with zero attached hydrogens (tertiary/aromatic N) is 3. The van der Waals surface area contributed by atoms with Crippen LogP contribution < -0.4 is 10.1 Å². The Hall–Kier alpha value is -4.29. The smallest absolute Gasteiger partial charge is 0.273 e. The SMILES string of the molecule is COc1cc(O)ccc1CCNCCCN1C(=O)c2c(cc(Br)c3nc(-c4ccc(C)c([N+](=O)[O-])c4)[nH]c23)C(C)(C)C1=O. The molecule has 4 aromatic rings. The lowest BCUT2D eigenvalue weighted by Gasteiger charge is -2.37. The maximum atomic E-state index is 13.9. The maximum absolute atomic E-state index is 13.9. The number of aromatic nitrogens is 2. The molecule has 2 amide bonds. The van der Waals surface area contributed by atoms with Crippen molar-refractivity contribution in [2.24, 2.45) is 0 Å². The van der Waals surface area contributed by atoms with Crippen molar-refractivity contribution in [1.82, 2.24) is 20.2 Å². The monoisotopic (exact) mass is 649 g/mol. The molecule has 0 saturated heterocycles. The summed E-state index contributed by atoms with van der Waals surface area (Å²) >= 11 is 3.56. The molecule has 0 bridgehead atoms. The van der Waals surface area contributed by atoms with Gasteiger partial charge in [0.1, 0.15) is 22.8 Å². The lowest BCUT2D eigenvalue weighted by Crippen LogP contribution is -2.52. The highest BCUT2D eigenvalue weighted by Gasteiger charge is 2.46. The fraction of sp³-hybridized carbons (Fsp3) is 0.323. The van der Waals surface area contributed by atoms with Gasteiger partial charge in [-0.05, 0) is 85.9 Å². The average Bonchev–Trinajstić information content (AvgIpc) is 3.42. The Balaban J connectivity index is 1.36. The van der Waals surface area contributed by atoms with Gasteiger partial charge in [-0.1, -0.05) is 18.2 Å². The molecule has 43 heavy (non-hydrogen) atoms. The van der Waals surface area contributed by atoms with Gasteiger partial charge < -0.3 is 20.1 Å². The van der Waals surface area contributed by atoms with Crippen molar-refractivity contribution in [3.05, 3.63) is 79.3 Å². The van der Waals surface area contributed by atoms with Crippen LogP contribution in [0.15, 0.2) is 46.9 Å². The summed E-state index contributed by atoms with van der Waals surface area (Å²) in [6.07, 6.45) is 1.24. The first-order valence-electron chi connectivity index (χ1n) is 13.8. The molecule has 1 aliphatic rings. The third-order valence-electron chi connectivity index (χ3n) is 7.89. The average molecular weight is 651 g/mol. The van der Waals surface area contributed by atoms with Crippen molar-refractivity contribution < 1.29 is 24.4 Å². The van der Waals surface area contributed by atoms with E-state index in [4.69, 9.17) is 4.74 Å². The van der Waals surface area contributed by atoms with E-state index in [9.17, 15) is 24.8 Å². The van der Waals surface area contributed by atoms with Crippen molar-refractivity contribution in [3.63, 3.8) is 0 Å². The Kier molecular flexibility index (Phi) is 8.26. The number of nitrogens with one attached hydrogen (secondary N) is 2. The van der Waals surface area contributed by atoms with E-state index in [-0.39, 0.29) is 23.9 Å². The molecule has 12 heteroatoms. The van der Waals surface area contributed by atoms with Crippen molar-refractivity contribution in [2.45, 2.75) is 39.0 Å². The van der Waals surface area contributed by atoms with Crippen molar-refractivity contribution in [3.8, 4) is 22.9 Å². The summed E-state index contributed by atoms with van der Waals surface area (Å²) in [5, 5.41) is 24.5. The van der Waals surface area contributed by atoms with Gasteiger partial charge in [0, 0.05) is 34.3 Å². The number of hydrogen-bond acceptors (Lipinski definition) is 8. The number of hydrogen-bond donors (Lipinski definition) is 3. The van der Waals surface area contributed by atoms with Crippen molar-refractivity contribution >= 4 is 44.5 Å². The molecule has 1 aromatic heterocycles. The molecule has 0 saturated carbocycles. The highest BCUT2D eigenvalue weighted by Crippen LogP contribution is 2.41. The molecule has 1 aliphatic heterocycles. The molecule has 0 radical (unpaired) electrons. The number of imide groups is 1. The summed E-state index contributed by atoms with van der Waals surface area (Å²) in [6, 6.07) is 11.6. The second-order valence-electron chi connectivity index (χ2n) is 11.1. The van der Waals surface area contributed by atoms with Gasteiger partial charge in [0.15, 0.2) is 0 Å². The van der Waals surface area contributed by atoms with E-state index in [0.29, 0.717) is 75.3 Å². The highest BCUT2D eigenvalue weighted by atomic mass is 79.9. The van der Waals surface area contributed by atoms with Crippen LogP contribution in [0.3, 0.4) is 0 Å². The van der Waals surface area contributed by atoms with E-state index in [0.717, 1.165) is 5.56 Å². The Morgan fingerprint density at radius 2 is 1.93 bits per heavy atom. The topological polar surface area (TPSA) is 151 Å². The van der Waals surface area contributed by atoms with Crippen LogP contribution in [0.2, 0.25) is 0 Å². The summed E-state index contributed by atoms with van der Waals surface area (Å²) in [4.78, 5) is 47.7. The molecule has 5 rings (SSSR count). The zero-order valence-corrected chi connectivity index (χ0v) is 25.9. The Labute approximate surface area is 256 Å². The molecule has 3 aromatic carbocycles. The molecule has 0 atom stereocenters. The first kappa shape index (κ1) is 30.2. The molecule has 0 aliphatic carbocycles. The van der Waals surface area contributed by atoms with E-state index < -0.39 is 16.2 Å². The summed E-state index contributed by atoms with van der Waals surface area (Å²) in [6.45, 7) is 6.74. The first-order chi connectivity index (χ1) is 20.4. The number of benzene rings is 3. The van der Waals surface area contributed by atoms with Gasteiger partial charge in [-0.25, -0.2) is 4.98 Å². The number of carbonyl (C=O) groups is 2. The number of methoxy groups -OCH3 is 1. The molecule has 11 nitrogen and oxygen atoms in total. The summed E-state index contributed by atoms with van der Waals surface area (Å²) in [5.41, 5.74) is 2.94. The lowest BCUT2D eigenvalue weighted by molar-refractivity contribution is -0.385. The van der Waals surface area contributed by atoms with Crippen molar-refractivity contribution in [1.29, 1.82) is 0 Å². The molecule has 0 unspecified atom stereocenters. The number of phenolic OH excluding ortho intramolecular Hbond substituents is 1. The number of halogens is 1. The molecule has 3 N–H and O–H groups in total. The van der Waals surface area contributed by atoms with Crippen LogP contribution in [-0.4, -0.2) is 63.5 Å². The van der Waals surface area contributed by atoms with Crippen LogP contribution in [0.25, 0.3) is 22.4 Å². The fourth-order valence-corrected chi connectivity index (χ4v) is 5.98. The zero-order chi connectivity index (χ0) is 31.1. The van der Waals surface area contributed by atoms with Gasteiger partial charge in [-0.15, -0.1) is 0 Å². The quantitative estimate of drug-likeness (QED) is 0.0893. The number of aryl methyl sites for hydroxylation is 1. The van der Waals surface area contributed by atoms with Crippen LogP contribution in [0.1, 0.15) is 47.3 Å². The molecule has 2 heterocycles. The number of aromatic hydroxyl groups is 1. The number of H-pyrrole nitrogens is 1. The largest absolute Gasteiger partial charge is 0.508 e. The lowest BCUT2D eigenvalue weighted by atomic mass is 9.76. The van der Waals surface area contributed by atoms with E-state index in [1.54, 1.807) is 58.2 Å².